The van der Waals surface area contributed by atoms with Gasteiger partial charge >= 0.3 is 0 Å². The van der Waals surface area contributed by atoms with E-state index < -0.39 is 6.10 Å². The number of aromatic nitrogens is 3. The maximum atomic E-state index is 10.6. The molecule has 1 saturated heterocycles. The predicted molar refractivity (Wildman–Crippen MR) is 106 cm³/mol. The van der Waals surface area contributed by atoms with E-state index in [0.717, 1.165) is 37.6 Å². The van der Waals surface area contributed by atoms with Crippen LogP contribution in [0.25, 0.3) is 0 Å². The Balaban J connectivity index is 1.90. The van der Waals surface area contributed by atoms with Gasteiger partial charge in [-0.2, -0.15) is 15.0 Å². The van der Waals surface area contributed by atoms with E-state index in [2.05, 4.69) is 23.7 Å². The molecule has 27 heavy (non-hydrogen) atoms. The normalized spacial score (nSPS) is 19.2. The van der Waals surface area contributed by atoms with Crippen molar-refractivity contribution in [1.82, 2.24) is 15.0 Å². The highest BCUT2D eigenvalue weighted by molar-refractivity contribution is 5.40. The van der Waals surface area contributed by atoms with E-state index in [1.54, 1.807) is 6.26 Å². The quantitative estimate of drug-likeness (QED) is 0.830. The highest BCUT2D eigenvalue weighted by atomic mass is 16.4. The number of aliphatic hydroxyl groups excluding tert-OH is 1. The van der Waals surface area contributed by atoms with Crippen LogP contribution in [0.3, 0.4) is 0 Å². The maximum absolute atomic E-state index is 10.6. The van der Waals surface area contributed by atoms with Gasteiger partial charge < -0.3 is 19.3 Å². The summed E-state index contributed by atoms with van der Waals surface area (Å²) in [6.07, 6.45) is 6.04. The van der Waals surface area contributed by atoms with Gasteiger partial charge in [-0.15, -0.1) is 0 Å². The van der Waals surface area contributed by atoms with Crippen molar-refractivity contribution in [3.63, 3.8) is 0 Å². The third-order valence-corrected chi connectivity index (χ3v) is 5.05. The van der Waals surface area contributed by atoms with Crippen LogP contribution in [0.15, 0.2) is 22.8 Å². The standard InChI is InChI=1S/C20H31N5O2/c1-14(2)18-21-19(24(3)4)23-20(22-18)25-11-7-5-6-9-15(25)13-16(26)17-10-8-12-27-17/h8,10,12,14-16,26H,5-7,9,11,13H2,1-4H3. The summed E-state index contributed by atoms with van der Waals surface area (Å²) in [5, 5.41) is 10.6. The van der Waals surface area contributed by atoms with Crippen LogP contribution in [0.4, 0.5) is 11.9 Å². The second kappa shape index (κ2) is 8.69. The molecular formula is C20H31N5O2. The van der Waals surface area contributed by atoms with Crippen LogP contribution in [0.5, 0.6) is 0 Å². The van der Waals surface area contributed by atoms with Gasteiger partial charge in [0.05, 0.1) is 6.26 Å². The summed E-state index contributed by atoms with van der Waals surface area (Å²) in [6.45, 7) is 5.09. The minimum atomic E-state index is -0.620. The van der Waals surface area contributed by atoms with E-state index in [0.29, 0.717) is 18.1 Å². The molecule has 2 aromatic rings. The molecule has 7 nitrogen and oxygen atoms in total. The molecule has 1 aliphatic rings. The molecule has 0 saturated carbocycles. The summed E-state index contributed by atoms with van der Waals surface area (Å²) in [4.78, 5) is 18.3. The van der Waals surface area contributed by atoms with Crippen molar-refractivity contribution < 1.29 is 9.52 Å². The Kier molecular flexibility index (Phi) is 6.31. The minimum Gasteiger partial charge on any atom is -0.467 e. The van der Waals surface area contributed by atoms with Crippen molar-refractivity contribution >= 4 is 11.9 Å². The number of rotatable bonds is 6. The van der Waals surface area contributed by atoms with Crippen molar-refractivity contribution in [3.8, 4) is 0 Å². The van der Waals surface area contributed by atoms with Crippen molar-refractivity contribution in [1.29, 1.82) is 0 Å². The molecule has 0 amide bonds. The summed E-state index contributed by atoms with van der Waals surface area (Å²) in [5.74, 6) is 3.05. The summed E-state index contributed by atoms with van der Waals surface area (Å²) in [7, 11) is 3.90. The molecule has 148 valence electrons. The lowest BCUT2D eigenvalue weighted by atomic mass is 10.0. The van der Waals surface area contributed by atoms with Crippen molar-refractivity contribution in [2.75, 3.05) is 30.4 Å². The molecular weight excluding hydrogens is 342 g/mol. The lowest BCUT2D eigenvalue weighted by Gasteiger charge is -2.32. The van der Waals surface area contributed by atoms with Crippen LogP contribution in [0.2, 0.25) is 0 Å². The van der Waals surface area contributed by atoms with Crippen LogP contribution >= 0.6 is 0 Å². The average Bonchev–Trinajstić information content (AvgIpc) is 3.09. The molecule has 3 rings (SSSR count). The summed E-state index contributed by atoms with van der Waals surface area (Å²) >= 11 is 0. The zero-order chi connectivity index (χ0) is 19.4. The number of hydrogen-bond acceptors (Lipinski definition) is 7. The molecule has 0 aromatic carbocycles. The zero-order valence-electron chi connectivity index (χ0n) is 16.8. The number of anilines is 2. The highest BCUT2D eigenvalue weighted by Gasteiger charge is 2.28. The molecule has 0 spiro atoms. The topological polar surface area (TPSA) is 78.5 Å². The second-order valence-corrected chi connectivity index (χ2v) is 7.81. The third-order valence-electron chi connectivity index (χ3n) is 5.05. The average molecular weight is 374 g/mol. The molecule has 2 aromatic heterocycles. The van der Waals surface area contributed by atoms with E-state index in [4.69, 9.17) is 14.4 Å². The Hall–Kier alpha value is -2.15. The SMILES string of the molecule is CC(C)c1nc(N(C)C)nc(N2CCCCCC2CC(O)c2ccco2)n1. The molecule has 0 radical (unpaired) electrons. The number of furan rings is 1. The summed E-state index contributed by atoms with van der Waals surface area (Å²) < 4.78 is 5.39. The smallest absolute Gasteiger partial charge is 0.230 e. The number of aliphatic hydroxyl groups is 1. The van der Waals surface area contributed by atoms with Gasteiger partial charge in [-0.05, 0) is 25.0 Å². The van der Waals surface area contributed by atoms with Crippen LogP contribution < -0.4 is 9.80 Å². The van der Waals surface area contributed by atoms with E-state index in [1.165, 1.54) is 6.42 Å². The van der Waals surface area contributed by atoms with Gasteiger partial charge in [0.2, 0.25) is 11.9 Å². The molecule has 3 heterocycles. The fraction of sp³-hybridized carbons (Fsp3) is 0.650. The molecule has 2 unspecified atom stereocenters. The number of nitrogens with zero attached hydrogens (tertiary/aromatic N) is 5. The maximum Gasteiger partial charge on any atom is 0.230 e. The molecule has 0 aliphatic carbocycles. The first-order valence-electron chi connectivity index (χ1n) is 9.87. The molecule has 0 bridgehead atoms. The van der Waals surface area contributed by atoms with Gasteiger partial charge in [-0.1, -0.05) is 26.7 Å². The van der Waals surface area contributed by atoms with E-state index in [1.807, 2.05) is 31.1 Å². The Bertz CT molecular complexity index is 691. The van der Waals surface area contributed by atoms with E-state index in [-0.39, 0.29) is 12.0 Å². The zero-order valence-corrected chi connectivity index (χ0v) is 16.8. The largest absolute Gasteiger partial charge is 0.467 e. The fourth-order valence-corrected chi connectivity index (χ4v) is 3.50. The van der Waals surface area contributed by atoms with Crippen molar-refractivity contribution in [3.05, 3.63) is 30.0 Å². The Labute approximate surface area is 161 Å². The summed E-state index contributed by atoms with van der Waals surface area (Å²) in [6, 6.07) is 3.81. The Morgan fingerprint density at radius 1 is 1.22 bits per heavy atom. The van der Waals surface area contributed by atoms with E-state index in [9.17, 15) is 5.11 Å². The minimum absolute atomic E-state index is 0.171. The molecule has 1 fully saturated rings. The van der Waals surface area contributed by atoms with E-state index >= 15 is 0 Å². The lowest BCUT2D eigenvalue weighted by Crippen LogP contribution is -2.38. The van der Waals surface area contributed by atoms with Crippen LogP contribution in [0.1, 0.15) is 69.6 Å². The predicted octanol–water partition coefficient (Wildman–Crippen LogP) is 3.53. The van der Waals surface area contributed by atoms with Crippen molar-refractivity contribution in [2.24, 2.45) is 0 Å². The molecule has 2 atom stereocenters. The highest BCUT2D eigenvalue weighted by Crippen LogP contribution is 2.30. The summed E-state index contributed by atoms with van der Waals surface area (Å²) in [5.41, 5.74) is 0. The Morgan fingerprint density at radius 3 is 2.70 bits per heavy atom. The number of hydrogen-bond donors (Lipinski definition) is 1. The second-order valence-electron chi connectivity index (χ2n) is 7.81. The van der Waals surface area contributed by atoms with Crippen LogP contribution in [-0.4, -0.2) is 46.7 Å². The Morgan fingerprint density at radius 2 is 2.04 bits per heavy atom. The first kappa shape index (κ1) is 19.6. The third kappa shape index (κ3) is 4.77. The fourth-order valence-electron chi connectivity index (χ4n) is 3.50. The van der Waals surface area contributed by atoms with Crippen LogP contribution in [-0.2, 0) is 0 Å². The van der Waals surface area contributed by atoms with Gasteiger partial charge in [0.1, 0.15) is 17.7 Å². The first-order chi connectivity index (χ1) is 13.0. The van der Waals surface area contributed by atoms with Gasteiger partial charge in [0.25, 0.3) is 0 Å². The van der Waals surface area contributed by atoms with Gasteiger partial charge in [0.15, 0.2) is 0 Å². The van der Waals surface area contributed by atoms with Crippen molar-refractivity contribution in [2.45, 2.75) is 64.0 Å². The monoisotopic (exact) mass is 373 g/mol. The molecule has 1 N–H and O–H groups in total. The lowest BCUT2D eigenvalue weighted by molar-refractivity contribution is 0.129. The first-order valence-corrected chi connectivity index (χ1v) is 9.87. The molecule has 7 heteroatoms. The van der Waals surface area contributed by atoms with Gasteiger partial charge in [-0.25, -0.2) is 0 Å². The molecule has 1 aliphatic heterocycles. The van der Waals surface area contributed by atoms with Gasteiger partial charge in [-0.3, -0.25) is 0 Å². The van der Waals surface area contributed by atoms with Crippen LogP contribution in [0, 0.1) is 0 Å². The van der Waals surface area contributed by atoms with Gasteiger partial charge in [0, 0.05) is 39.0 Å².